The van der Waals surface area contributed by atoms with E-state index in [1.807, 2.05) is 30.3 Å². The minimum absolute atomic E-state index is 0.137. The van der Waals surface area contributed by atoms with E-state index in [1.165, 1.54) is 11.8 Å². The molecular weight excluding hydrogens is 482 g/mol. The van der Waals surface area contributed by atoms with Gasteiger partial charge in [0.15, 0.2) is 11.5 Å². The minimum Gasteiger partial charge on any atom is -0.493 e. The van der Waals surface area contributed by atoms with Gasteiger partial charge in [-0.2, -0.15) is 0 Å². The summed E-state index contributed by atoms with van der Waals surface area (Å²) in [7, 11) is 1.56. The highest BCUT2D eigenvalue weighted by atomic mass is 35.5. The van der Waals surface area contributed by atoms with Crippen LogP contribution in [-0.2, 0) is 16.2 Å². The molecule has 1 saturated heterocycles. The number of benzene rings is 2. The van der Waals surface area contributed by atoms with Crippen molar-refractivity contribution >= 4 is 57.9 Å². The van der Waals surface area contributed by atoms with Crippen LogP contribution in [0.5, 0.6) is 11.5 Å². The summed E-state index contributed by atoms with van der Waals surface area (Å²) in [4.78, 5) is 25.5. The summed E-state index contributed by atoms with van der Waals surface area (Å²) in [5.74, 6) is 0.175. The molecule has 1 aliphatic rings. The topological polar surface area (TPSA) is 76.1 Å². The lowest BCUT2D eigenvalue weighted by atomic mass is 10.1. The summed E-state index contributed by atoms with van der Waals surface area (Å²) in [6.45, 7) is 0.792. The lowest BCUT2D eigenvalue weighted by Gasteiger charge is -2.14. The van der Waals surface area contributed by atoms with E-state index in [9.17, 15) is 9.59 Å². The number of amides is 1. The van der Waals surface area contributed by atoms with Crippen molar-refractivity contribution in [3.8, 4) is 11.5 Å². The quantitative estimate of drug-likeness (QED) is 0.236. The maximum absolute atomic E-state index is 12.8. The van der Waals surface area contributed by atoms with Crippen molar-refractivity contribution in [3.05, 3.63) is 63.5 Å². The largest absolute Gasteiger partial charge is 0.493 e. The summed E-state index contributed by atoms with van der Waals surface area (Å²) >= 11 is 12.8. The molecular formula is C24H24ClNO5S2. The Labute approximate surface area is 207 Å². The van der Waals surface area contributed by atoms with Crippen LogP contribution in [-0.4, -0.2) is 39.9 Å². The Kier molecular flexibility index (Phi) is 9.17. The molecule has 33 heavy (non-hydrogen) atoms. The molecule has 2 aromatic carbocycles. The highest BCUT2D eigenvalue weighted by Crippen LogP contribution is 2.35. The molecule has 0 atom stereocenters. The van der Waals surface area contributed by atoms with Gasteiger partial charge in [-0.05, 0) is 42.7 Å². The predicted molar refractivity (Wildman–Crippen MR) is 135 cm³/mol. The van der Waals surface area contributed by atoms with Gasteiger partial charge in [0.25, 0.3) is 5.91 Å². The predicted octanol–water partition coefficient (Wildman–Crippen LogP) is 5.77. The molecule has 1 N–H and O–H groups in total. The molecule has 3 rings (SSSR count). The van der Waals surface area contributed by atoms with Gasteiger partial charge in [-0.1, -0.05) is 66.3 Å². The third-order valence-corrected chi connectivity index (χ3v) is 6.72. The Balaban J connectivity index is 1.63. The average molecular weight is 506 g/mol. The zero-order valence-corrected chi connectivity index (χ0v) is 20.5. The van der Waals surface area contributed by atoms with Crippen LogP contribution in [0, 0.1) is 0 Å². The molecule has 9 heteroatoms. The van der Waals surface area contributed by atoms with Gasteiger partial charge in [0.2, 0.25) is 0 Å². The zero-order chi connectivity index (χ0) is 23.8. The number of rotatable bonds is 11. The molecule has 2 aromatic rings. The highest BCUT2D eigenvalue weighted by molar-refractivity contribution is 8.26. The second kappa shape index (κ2) is 12.1. The van der Waals surface area contributed by atoms with Crippen LogP contribution in [0.3, 0.4) is 0 Å². The normalized spacial score (nSPS) is 14.7. The van der Waals surface area contributed by atoms with Crippen LogP contribution in [0.2, 0.25) is 5.02 Å². The Bertz CT molecular complexity index is 1070. The molecule has 0 aromatic heterocycles. The van der Waals surface area contributed by atoms with E-state index in [0.29, 0.717) is 51.7 Å². The summed E-state index contributed by atoms with van der Waals surface area (Å²) in [5, 5.41) is 9.35. The van der Waals surface area contributed by atoms with Gasteiger partial charge in [-0.3, -0.25) is 14.5 Å². The van der Waals surface area contributed by atoms with E-state index in [1.54, 1.807) is 30.2 Å². The molecule has 1 aliphatic heterocycles. The third-order valence-electron chi connectivity index (χ3n) is 4.97. The second-order valence-corrected chi connectivity index (χ2v) is 9.41. The monoisotopic (exact) mass is 505 g/mol. The molecule has 1 amide bonds. The zero-order valence-electron chi connectivity index (χ0n) is 18.1. The summed E-state index contributed by atoms with van der Waals surface area (Å²) in [6, 6.07) is 12.9. The summed E-state index contributed by atoms with van der Waals surface area (Å²) in [5.41, 5.74) is 1.66. The summed E-state index contributed by atoms with van der Waals surface area (Å²) in [6.07, 6.45) is 3.94. The third kappa shape index (κ3) is 6.96. The number of ether oxygens (including phenoxy) is 2. The standard InChI is InChI=1S/C24H24ClNO5S2/c1-30-20-13-16(10-11-19(20)31-15-17-7-4-5-8-18(17)25)14-21-23(29)26(24(32)33-21)12-6-2-3-9-22(27)28/h4-5,7-8,10-11,13-14H,2-3,6,9,12,15H2,1H3,(H,27,28)/b21-14-. The van der Waals surface area contributed by atoms with Gasteiger partial charge in [-0.25, -0.2) is 0 Å². The minimum atomic E-state index is -0.806. The van der Waals surface area contributed by atoms with E-state index in [2.05, 4.69) is 0 Å². The molecule has 0 saturated carbocycles. The molecule has 0 radical (unpaired) electrons. The molecule has 174 valence electrons. The number of thioether (sulfide) groups is 1. The Morgan fingerprint density at radius 1 is 1.18 bits per heavy atom. The maximum Gasteiger partial charge on any atom is 0.303 e. The van der Waals surface area contributed by atoms with Crippen molar-refractivity contribution in [2.45, 2.75) is 32.3 Å². The van der Waals surface area contributed by atoms with Crippen LogP contribution in [0.4, 0.5) is 0 Å². The number of unbranched alkanes of at least 4 members (excludes halogenated alkanes) is 2. The fraction of sp³-hybridized carbons (Fsp3) is 0.292. The molecule has 1 heterocycles. The Hall–Kier alpha value is -2.55. The van der Waals surface area contributed by atoms with Crippen LogP contribution in [0.15, 0.2) is 47.4 Å². The van der Waals surface area contributed by atoms with Crippen LogP contribution in [0.25, 0.3) is 6.08 Å². The van der Waals surface area contributed by atoms with Crippen molar-refractivity contribution in [2.24, 2.45) is 0 Å². The SMILES string of the molecule is COc1cc(/C=C2\SC(=S)N(CCCCCC(=O)O)C2=O)ccc1OCc1ccccc1Cl. The van der Waals surface area contributed by atoms with Gasteiger partial charge < -0.3 is 14.6 Å². The van der Waals surface area contributed by atoms with Gasteiger partial charge in [0, 0.05) is 23.6 Å². The van der Waals surface area contributed by atoms with Crippen LogP contribution < -0.4 is 9.47 Å². The van der Waals surface area contributed by atoms with E-state index < -0.39 is 5.97 Å². The van der Waals surface area contributed by atoms with Crippen molar-refractivity contribution in [3.63, 3.8) is 0 Å². The first-order chi connectivity index (χ1) is 15.9. The molecule has 0 bridgehead atoms. The van der Waals surface area contributed by atoms with Crippen molar-refractivity contribution in [1.82, 2.24) is 4.90 Å². The fourth-order valence-electron chi connectivity index (χ4n) is 3.23. The number of methoxy groups -OCH3 is 1. The number of carboxylic acid groups (broad SMARTS) is 1. The first-order valence-electron chi connectivity index (χ1n) is 10.4. The molecule has 0 unspecified atom stereocenters. The smallest absolute Gasteiger partial charge is 0.303 e. The number of hydrogen-bond acceptors (Lipinski definition) is 6. The molecule has 6 nitrogen and oxygen atoms in total. The first kappa shape index (κ1) is 25.1. The second-order valence-electron chi connectivity index (χ2n) is 7.33. The average Bonchev–Trinajstić information content (AvgIpc) is 3.05. The van der Waals surface area contributed by atoms with E-state index >= 15 is 0 Å². The number of thiocarbonyl (C=S) groups is 1. The lowest BCUT2D eigenvalue weighted by Crippen LogP contribution is -2.29. The van der Waals surface area contributed by atoms with Crippen LogP contribution >= 0.6 is 35.6 Å². The number of hydrogen-bond donors (Lipinski definition) is 1. The highest BCUT2D eigenvalue weighted by Gasteiger charge is 2.31. The number of nitrogens with zero attached hydrogens (tertiary/aromatic N) is 1. The number of halogens is 1. The molecule has 1 fully saturated rings. The van der Waals surface area contributed by atoms with E-state index in [4.69, 9.17) is 38.4 Å². The summed E-state index contributed by atoms with van der Waals surface area (Å²) < 4.78 is 11.9. The van der Waals surface area contributed by atoms with Crippen molar-refractivity contribution < 1.29 is 24.2 Å². The van der Waals surface area contributed by atoms with Gasteiger partial charge in [0.1, 0.15) is 10.9 Å². The number of carbonyl (C=O) groups excluding carboxylic acids is 1. The Morgan fingerprint density at radius 3 is 2.70 bits per heavy atom. The van der Waals surface area contributed by atoms with Gasteiger partial charge >= 0.3 is 5.97 Å². The van der Waals surface area contributed by atoms with Gasteiger partial charge in [-0.15, -0.1) is 0 Å². The lowest BCUT2D eigenvalue weighted by molar-refractivity contribution is -0.137. The molecule has 0 spiro atoms. The maximum atomic E-state index is 12.8. The number of aliphatic carboxylic acids is 1. The molecule has 0 aliphatic carbocycles. The van der Waals surface area contributed by atoms with Crippen molar-refractivity contribution in [1.29, 1.82) is 0 Å². The number of carboxylic acids is 1. The Morgan fingerprint density at radius 2 is 1.97 bits per heavy atom. The first-order valence-corrected chi connectivity index (χ1v) is 12.0. The van der Waals surface area contributed by atoms with Crippen molar-refractivity contribution in [2.75, 3.05) is 13.7 Å². The van der Waals surface area contributed by atoms with Crippen LogP contribution in [0.1, 0.15) is 36.8 Å². The van der Waals surface area contributed by atoms with Gasteiger partial charge in [0.05, 0.1) is 12.0 Å². The fourth-order valence-corrected chi connectivity index (χ4v) is 4.73. The van der Waals surface area contributed by atoms with E-state index in [0.717, 1.165) is 17.5 Å². The van der Waals surface area contributed by atoms with E-state index in [-0.39, 0.29) is 12.3 Å². The number of carbonyl (C=O) groups is 2.